The molecule has 7 nitrogen and oxygen atoms in total. The average molecular weight is 339 g/mol. The van der Waals surface area contributed by atoms with Crippen molar-refractivity contribution in [2.75, 3.05) is 5.73 Å². The number of nitrogens with one attached hydrogen (secondary N) is 1. The number of imidazole rings is 1. The van der Waals surface area contributed by atoms with Gasteiger partial charge in [-0.25, -0.2) is 4.98 Å². The third-order valence-corrected chi connectivity index (χ3v) is 3.36. The first kappa shape index (κ1) is 15.8. The van der Waals surface area contributed by atoms with Crippen molar-refractivity contribution in [3.8, 4) is 5.75 Å². The summed E-state index contributed by atoms with van der Waals surface area (Å²) in [6.07, 6.45) is -2.99. The fourth-order valence-corrected chi connectivity index (χ4v) is 2.25. The number of benzene rings is 1. The maximum Gasteiger partial charge on any atom is 0.573 e. The third-order valence-electron chi connectivity index (χ3n) is 3.36. The molecule has 1 aromatic carbocycles. The van der Waals surface area contributed by atoms with E-state index in [9.17, 15) is 18.0 Å². The predicted molar refractivity (Wildman–Crippen MR) is 79.4 cm³/mol. The Morgan fingerprint density at radius 3 is 2.62 bits per heavy atom. The molecule has 0 aliphatic carbocycles. The highest BCUT2D eigenvalue weighted by atomic mass is 19.4. The molecule has 0 fully saturated rings. The first-order valence-corrected chi connectivity index (χ1v) is 6.87. The minimum absolute atomic E-state index is 0.0247. The van der Waals surface area contributed by atoms with Crippen LogP contribution in [0.3, 0.4) is 0 Å². The predicted octanol–water partition coefficient (Wildman–Crippen LogP) is 1.84. The standard InChI is InChI=1S/C14H12F3N5O2/c15-14(16,17)24-9-3-1-8(2-4-9)5-6-22-12(23)10-11(20-7-19-10)21-13(22)18/h1-4,7H,5-6H2,(H2,18,21)(H,19,20). The molecule has 0 bridgehead atoms. The van der Waals surface area contributed by atoms with Crippen LogP contribution in [0.5, 0.6) is 5.75 Å². The van der Waals surface area contributed by atoms with Crippen molar-refractivity contribution in [1.82, 2.24) is 19.5 Å². The van der Waals surface area contributed by atoms with Crippen LogP contribution < -0.4 is 16.0 Å². The van der Waals surface area contributed by atoms with Gasteiger partial charge in [0.05, 0.1) is 6.33 Å². The largest absolute Gasteiger partial charge is 0.573 e. The highest BCUT2D eigenvalue weighted by molar-refractivity contribution is 5.69. The highest BCUT2D eigenvalue weighted by Crippen LogP contribution is 2.22. The maximum atomic E-state index is 12.3. The second kappa shape index (κ2) is 5.87. The van der Waals surface area contributed by atoms with Crippen LogP contribution in [0.15, 0.2) is 35.4 Å². The van der Waals surface area contributed by atoms with Crippen LogP contribution in [0.4, 0.5) is 19.1 Å². The Morgan fingerprint density at radius 2 is 1.96 bits per heavy atom. The van der Waals surface area contributed by atoms with Gasteiger partial charge in [-0.1, -0.05) is 12.1 Å². The second-order valence-corrected chi connectivity index (χ2v) is 4.97. The van der Waals surface area contributed by atoms with Crippen molar-refractivity contribution in [1.29, 1.82) is 0 Å². The Hall–Kier alpha value is -3.04. The number of fused-ring (bicyclic) bond motifs is 1. The number of ether oxygens (including phenoxy) is 1. The van der Waals surface area contributed by atoms with Gasteiger partial charge in [-0.3, -0.25) is 9.36 Å². The van der Waals surface area contributed by atoms with Gasteiger partial charge in [0.1, 0.15) is 5.75 Å². The van der Waals surface area contributed by atoms with Crippen LogP contribution in [-0.4, -0.2) is 25.9 Å². The number of nitrogen functional groups attached to an aromatic ring is 1. The van der Waals surface area contributed by atoms with Gasteiger partial charge in [0.25, 0.3) is 5.56 Å². The van der Waals surface area contributed by atoms with Crippen LogP contribution in [0, 0.1) is 0 Å². The molecular formula is C14H12F3N5O2. The number of aryl methyl sites for hydroxylation is 1. The summed E-state index contributed by atoms with van der Waals surface area (Å²) in [4.78, 5) is 22.9. The quantitative estimate of drug-likeness (QED) is 0.756. The minimum atomic E-state index is -4.73. The molecule has 2 heterocycles. The van der Waals surface area contributed by atoms with Gasteiger partial charge < -0.3 is 15.5 Å². The van der Waals surface area contributed by atoms with Crippen molar-refractivity contribution in [2.45, 2.75) is 19.3 Å². The fourth-order valence-electron chi connectivity index (χ4n) is 2.25. The van der Waals surface area contributed by atoms with Crippen molar-refractivity contribution in [3.63, 3.8) is 0 Å². The summed E-state index contributed by atoms with van der Waals surface area (Å²) in [5, 5.41) is 0. The van der Waals surface area contributed by atoms with E-state index in [2.05, 4.69) is 19.7 Å². The first-order chi connectivity index (χ1) is 11.3. The molecule has 3 N–H and O–H groups in total. The van der Waals surface area contributed by atoms with Gasteiger partial charge >= 0.3 is 6.36 Å². The highest BCUT2D eigenvalue weighted by Gasteiger charge is 2.30. The molecule has 0 spiro atoms. The zero-order chi connectivity index (χ0) is 17.3. The number of aromatic amines is 1. The SMILES string of the molecule is Nc1nc2nc[nH]c2c(=O)n1CCc1ccc(OC(F)(F)F)cc1. The number of aromatic nitrogens is 4. The minimum Gasteiger partial charge on any atom is -0.406 e. The van der Waals surface area contributed by atoms with Crippen LogP contribution in [0.2, 0.25) is 0 Å². The number of alkyl halides is 3. The van der Waals surface area contributed by atoms with Crippen molar-refractivity contribution >= 4 is 17.1 Å². The summed E-state index contributed by atoms with van der Waals surface area (Å²) in [6.45, 7) is 0.228. The number of nitrogens with two attached hydrogens (primary N) is 1. The average Bonchev–Trinajstić information content (AvgIpc) is 2.95. The Morgan fingerprint density at radius 1 is 1.25 bits per heavy atom. The number of hydrogen-bond acceptors (Lipinski definition) is 5. The van der Waals surface area contributed by atoms with E-state index in [0.717, 1.165) is 5.56 Å². The van der Waals surface area contributed by atoms with E-state index >= 15 is 0 Å². The van der Waals surface area contributed by atoms with E-state index in [0.29, 0.717) is 6.42 Å². The van der Waals surface area contributed by atoms with E-state index in [4.69, 9.17) is 5.73 Å². The lowest BCUT2D eigenvalue weighted by atomic mass is 10.1. The maximum absolute atomic E-state index is 12.3. The molecule has 0 amide bonds. The van der Waals surface area contributed by atoms with Crippen LogP contribution in [0.25, 0.3) is 11.2 Å². The monoisotopic (exact) mass is 339 g/mol. The smallest absolute Gasteiger partial charge is 0.406 e. The molecule has 126 valence electrons. The van der Waals surface area contributed by atoms with Crippen molar-refractivity contribution in [3.05, 3.63) is 46.5 Å². The molecule has 0 saturated carbocycles. The normalized spacial score (nSPS) is 11.8. The number of H-pyrrole nitrogens is 1. The Bertz CT molecular complexity index is 915. The molecule has 10 heteroatoms. The molecular weight excluding hydrogens is 327 g/mol. The second-order valence-electron chi connectivity index (χ2n) is 4.97. The topological polar surface area (TPSA) is 98.8 Å². The van der Waals surface area contributed by atoms with Gasteiger partial charge in [0, 0.05) is 6.54 Å². The summed E-state index contributed by atoms with van der Waals surface area (Å²) in [5.41, 5.74) is 6.61. The van der Waals surface area contributed by atoms with Crippen molar-refractivity contribution in [2.24, 2.45) is 0 Å². The lowest BCUT2D eigenvalue weighted by Gasteiger charge is -2.10. The molecule has 0 saturated heterocycles. The molecule has 0 radical (unpaired) electrons. The Labute approximate surface area is 132 Å². The van der Waals surface area contributed by atoms with E-state index in [1.807, 2.05) is 0 Å². The van der Waals surface area contributed by atoms with Gasteiger partial charge in [-0.15, -0.1) is 13.2 Å². The Kier molecular flexibility index (Phi) is 3.87. The van der Waals surface area contributed by atoms with Gasteiger partial charge in [0.15, 0.2) is 11.2 Å². The van der Waals surface area contributed by atoms with E-state index < -0.39 is 6.36 Å². The van der Waals surface area contributed by atoms with Gasteiger partial charge in [0.2, 0.25) is 5.95 Å². The number of halogens is 3. The summed E-state index contributed by atoms with van der Waals surface area (Å²) >= 11 is 0. The van der Waals surface area contributed by atoms with Gasteiger partial charge in [-0.05, 0) is 24.1 Å². The Balaban J connectivity index is 1.75. The molecule has 24 heavy (non-hydrogen) atoms. The zero-order valence-corrected chi connectivity index (χ0v) is 12.2. The number of nitrogens with zero attached hydrogens (tertiary/aromatic N) is 3. The number of hydrogen-bond donors (Lipinski definition) is 2. The van der Waals surface area contributed by atoms with Crippen LogP contribution in [0.1, 0.15) is 5.56 Å². The van der Waals surface area contributed by atoms with E-state index in [-0.39, 0.29) is 35.0 Å². The zero-order valence-electron chi connectivity index (χ0n) is 12.2. The number of rotatable bonds is 4. The lowest BCUT2D eigenvalue weighted by Crippen LogP contribution is -2.25. The summed E-state index contributed by atoms with van der Waals surface area (Å²) < 4.78 is 41.4. The lowest BCUT2D eigenvalue weighted by molar-refractivity contribution is -0.274. The van der Waals surface area contributed by atoms with Crippen LogP contribution in [-0.2, 0) is 13.0 Å². The third kappa shape index (κ3) is 3.31. The van der Waals surface area contributed by atoms with E-state index in [1.54, 1.807) is 0 Å². The molecule has 0 aliphatic rings. The van der Waals surface area contributed by atoms with Crippen LogP contribution >= 0.6 is 0 Å². The number of anilines is 1. The molecule has 0 aliphatic heterocycles. The van der Waals surface area contributed by atoms with E-state index in [1.165, 1.54) is 35.2 Å². The molecule has 2 aromatic heterocycles. The van der Waals surface area contributed by atoms with Crippen molar-refractivity contribution < 1.29 is 17.9 Å². The van der Waals surface area contributed by atoms with Gasteiger partial charge in [-0.2, -0.15) is 4.98 Å². The molecule has 0 unspecified atom stereocenters. The summed E-state index contributed by atoms with van der Waals surface area (Å²) in [7, 11) is 0. The molecule has 3 rings (SSSR count). The molecule has 0 atom stereocenters. The summed E-state index contributed by atoms with van der Waals surface area (Å²) in [5.74, 6) is -0.278. The first-order valence-electron chi connectivity index (χ1n) is 6.87. The molecule has 3 aromatic rings. The fraction of sp³-hybridized carbons (Fsp3) is 0.214. The summed E-state index contributed by atoms with van der Waals surface area (Å²) in [6, 6.07) is 5.41.